The summed E-state index contributed by atoms with van der Waals surface area (Å²) in [6, 6.07) is 8.70. The number of rotatable bonds is 4. The molecule has 0 saturated heterocycles. The van der Waals surface area contributed by atoms with Crippen LogP contribution in [0, 0.1) is 0 Å². The lowest BCUT2D eigenvalue weighted by molar-refractivity contribution is 0.00470. The van der Waals surface area contributed by atoms with Crippen LogP contribution >= 0.6 is 0 Å². The summed E-state index contributed by atoms with van der Waals surface area (Å²) < 4.78 is 0. The number of benzene rings is 1. The predicted molar refractivity (Wildman–Crippen MR) is 73.8 cm³/mol. The van der Waals surface area contributed by atoms with Gasteiger partial charge in [-0.15, -0.1) is 0 Å². The van der Waals surface area contributed by atoms with Crippen LogP contribution in [0.1, 0.15) is 49.1 Å². The Morgan fingerprint density at radius 2 is 1.94 bits per heavy atom. The minimum atomic E-state index is -0.429. The summed E-state index contributed by atoms with van der Waals surface area (Å²) in [5, 5.41) is 13.9. The van der Waals surface area contributed by atoms with Gasteiger partial charge in [-0.3, -0.25) is 0 Å². The van der Waals surface area contributed by atoms with Gasteiger partial charge in [-0.25, -0.2) is 0 Å². The van der Waals surface area contributed by atoms with Crippen LogP contribution in [0.3, 0.4) is 0 Å². The summed E-state index contributed by atoms with van der Waals surface area (Å²) in [5.41, 5.74) is 2.57. The van der Waals surface area contributed by atoms with Crippen LogP contribution in [-0.4, -0.2) is 23.8 Å². The lowest BCUT2D eigenvalue weighted by Crippen LogP contribution is -2.44. The van der Waals surface area contributed by atoms with Crippen molar-refractivity contribution in [2.24, 2.45) is 0 Å². The van der Waals surface area contributed by atoms with Crippen molar-refractivity contribution in [3.8, 4) is 0 Å². The van der Waals surface area contributed by atoms with Gasteiger partial charge < -0.3 is 10.4 Å². The summed E-state index contributed by atoms with van der Waals surface area (Å²) in [5.74, 6) is 0.661. The number of fused-ring (bicyclic) bond motifs is 1. The SMILES string of the molecule is OC1(CNCC2Cc3ccccc32)CCCCC1. The number of nitrogens with one attached hydrogen (secondary N) is 1. The van der Waals surface area contributed by atoms with Crippen molar-refractivity contribution < 1.29 is 5.11 Å². The highest BCUT2D eigenvalue weighted by molar-refractivity contribution is 5.40. The largest absolute Gasteiger partial charge is 0.389 e. The third-order valence-corrected chi connectivity index (χ3v) is 4.59. The van der Waals surface area contributed by atoms with Gasteiger partial charge in [0.2, 0.25) is 0 Å². The summed E-state index contributed by atoms with van der Waals surface area (Å²) in [4.78, 5) is 0. The zero-order valence-corrected chi connectivity index (χ0v) is 11.0. The van der Waals surface area contributed by atoms with E-state index in [4.69, 9.17) is 0 Å². The van der Waals surface area contributed by atoms with Gasteiger partial charge in [0, 0.05) is 19.0 Å². The zero-order chi connectivity index (χ0) is 12.4. The maximum absolute atomic E-state index is 10.4. The molecule has 1 saturated carbocycles. The van der Waals surface area contributed by atoms with Crippen LogP contribution in [0.2, 0.25) is 0 Å². The van der Waals surface area contributed by atoms with Crippen LogP contribution in [0.5, 0.6) is 0 Å². The molecule has 1 unspecified atom stereocenters. The van der Waals surface area contributed by atoms with Crippen molar-refractivity contribution in [2.45, 2.75) is 50.0 Å². The van der Waals surface area contributed by atoms with Crippen molar-refractivity contribution >= 4 is 0 Å². The fraction of sp³-hybridized carbons (Fsp3) is 0.625. The molecule has 18 heavy (non-hydrogen) atoms. The highest BCUT2D eigenvalue weighted by atomic mass is 16.3. The third-order valence-electron chi connectivity index (χ3n) is 4.59. The fourth-order valence-electron chi connectivity index (χ4n) is 3.41. The Bertz CT molecular complexity index is 409. The van der Waals surface area contributed by atoms with Crippen LogP contribution < -0.4 is 5.32 Å². The van der Waals surface area contributed by atoms with Crippen molar-refractivity contribution in [3.63, 3.8) is 0 Å². The molecule has 0 aliphatic heterocycles. The molecule has 0 heterocycles. The Kier molecular flexibility index (Phi) is 3.40. The molecular weight excluding hydrogens is 222 g/mol. The first-order valence-corrected chi connectivity index (χ1v) is 7.28. The molecule has 2 aliphatic carbocycles. The highest BCUT2D eigenvalue weighted by Gasteiger charge is 2.30. The van der Waals surface area contributed by atoms with Crippen LogP contribution in [-0.2, 0) is 6.42 Å². The molecule has 0 amide bonds. The number of hydrogen-bond acceptors (Lipinski definition) is 2. The van der Waals surface area contributed by atoms with Crippen molar-refractivity contribution in [1.29, 1.82) is 0 Å². The van der Waals surface area contributed by atoms with E-state index in [-0.39, 0.29) is 0 Å². The molecular formula is C16H23NO. The molecule has 0 aromatic heterocycles. The second-order valence-corrected chi connectivity index (χ2v) is 6.02. The number of hydrogen-bond donors (Lipinski definition) is 2. The molecule has 3 rings (SSSR count). The molecule has 1 atom stereocenters. The monoisotopic (exact) mass is 245 g/mol. The standard InChI is InChI=1S/C16H23NO/c18-16(8-4-1-5-9-16)12-17-11-14-10-13-6-2-3-7-15(13)14/h2-3,6-7,14,17-18H,1,4-5,8-12H2. The van der Waals surface area contributed by atoms with Gasteiger partial charge in [0.1, 0.15) is 0 Å². The quantitative estimate of drug-likeness (QED) is 0.854. The van der Waals surface area contributed by atoms with Gasteiger partial charge >= 0.3 is 0 Å². The van der Waals surface area contributed by atoms with Gasteiger partial charge in [0.15, 0.2) is 0 Å². The van der Waals surface area contributed by atoms with Gasteiger partial charge in [-0.1, -0.05) is 43.5 Å². The second kappa shape index (κ2) is 5.02. The van der Waals surface area contributed by atoms with E-state index in [1.807, 2.05) is 0 Å². The summed E-state index contributed by atoms with van der Waals surface area (Å²) in [6.07, 6.45) is 6.80. The average molecular weight is 245 g/mol. The van der Waals surface area contributed by atoms with E-state index in [1.54, 1.807) is 0 Å². The Morgan fingerprint density at radius 1 is 1.17 bits per heavy atom. The van der Waals surface area contributed by atoms with Gasteiger partial charge in [-0.05, 0) is 30.4 Å². The minimum absolute atomic E-state index is 0.429. The van der Waals surface area contributed by atoms with Crippen LogP contribution in [0.4, 0.5) is 0 Å². The Balaban J connectivity index is 1.46. The van der Waals surface area contributed by atoms with Gasteiger partial charge in [-0.2, -0.15) is 0 Å². The average Bonchev–Trinajstić information content (AvgIpc) is 2.36. The van der Waals surface area contributed by atoms with Crippen LogP contribution in [0.25, 0.3) is 0 Å². The molecule has 0 spiro atoms. The maximum atomic E-state index is 10.4. The van der Waals surface area contributed by atoms with Crippen molar-refractivity contribution in [1.82, 2.24) is 5.32 Å². The van der Waals surface area contributed by atoms with E-state index < -0.39 is 5.60 Å². The van der Waals surface area contributed by atoms with Gasteiger partial charge in [0.05, 0.1) is 5.60 Å². The molecule has 1 fully saturated rings. The lowest BCUT2D eigenvalue weighted by Gasteiger charge is -2.35. The molecule has 2 heteroatoms. The first-order chi connectivity index (χ1) is 8.77. The first kappa shape index (κ1) is 12.2. The van der Waals surface area contributed by atoms with E-state index in [1.165, 1.54) is 36.8 Å². The molecule has 2 nitrogen and oxygen atoms in total. The molecule has 0 bridgehead atoms. The Labute approximate surface area is 109 Å². The van der Waals surface area contributed by atoms with E-state index >= 15 is 0 Å². The molecule has 2 N–H and O–H groups in total. The molecule has 98 valence electrons. The third kappa shape index (κ3) is 2.45. The summed E-state index contributed by atoms with van der Waals surface area (Å²) in [7, 11) is 0. The molecule has 1 aromatic carbocycles. The molecule has 2 aliphatic rings. The van der Waals surface area contributed by atoms with E-state index in [2.05, 4.69) is 29.6 Å². The Hall–Kier alpha value is -0.860. The van der Waals surface area contributed by atoms with Crippen molar-refractivity contribution in [3.05, 3.63) is 35.4 Å². The molecule has 1 aromatic rings. The highest BCUT2D eigenvalue weighted by Crippen LogP contribution is 2.34. The smallest absolute Gasteiger partial charge is 0.0771 e. The predicted octanol–water partition coefficient (Wildman–Crippen LogP) is 2.61. The van der Waals surface area contributed by atoms with E-state index in [0.29, 0.717) is 5.92 Å². The fourth-order valence-corrected chi connectivity index (χ4v) is 3.41. The normalized spacial score (nSPS) is 25.3. The second-order valence-electron chi connectivity index (χ2n) is 6.02. The van der Waals surface area contributed by atoms with Gasteiger partial charge in [0.25, 0.3) is 0 Å². The summed E-state index contributed by atoms with van der Waals surface area (Å²) in [6.45, 7) is 1.78. The Morgan fingerprint density at radius 3 is 2.72 bits per heavy atom. The van der Waals surface area contributed by atoms with E-state index in [9.17, 15) is 5.11 Å². The maximum Gasteiger partial charge on any atom is 0.0771 e. The summed E-state index contributed by atoms with van der Waals surface area (Å²) >= 11 is 0. The van der Waals surface area contributed by atoms with Crippen LogP contribution in [0.15, 0.2) is 24.3 Å². The molecule has 0 radical (unpaired) electrons. The van der Waals surface area contributed by atoms with E-state index in [0.717, 1.165) is 25.9 Å². The van der Waals surface area contributed by atoms with Crippen molar-refractivity contribution in [2.75, 3.05) is 13.1 Å². The first-order valence-electron chi connectivity index (χ1n) is 7.28. The topological polar surface area (TPSA) is 32.3 Å². The minimum Gasteiger partial charge on any atom is -0.389 e. The zero-order valence-electron chi connectivity index (χ0n) is 11.0. The number of aliphatic hydroxyl groups is 1. The lowest BCUT2D eigenvalue weighted by atomic mass is 9.77.